The van der Waals surface area contributed by atoms with Crippen molar-refractivity contribution in [2.24, 2.45) is 5.92 Å². The van der Waals surface area contributed by atoms with Crippen molar-refractivity contribution in [3.8, 4) is 11.5 Å². The molecule has 2 heterocycles. The molecule has 2 amide bonds. The van der Waals surface area contributed by atoms with Crippen LogP contribution in [-0.4, -0.2) is 47.8 Å². The van der Waals surface area contributed by atoms with Gasteiger partial charge in [0.25, 0.3) is 0 Å². The SMILES string of the molecule is COc1ccc(CNC(=O)N2CCC(Cn3c(C)nc4ccccc43)CC2)cc1OC. The summed E-state index contributed by atoms with van der Waals surface area (Å²) in [6, 6.07) is 13.9. The van der Waals surface area contributed by atoms with E-state index in [9.17, 15) is 4.79 Å². The highest BCUT2D eigenvalue weighted by molar-refractivity contribution is 5.76. The predicted octanol–water partition coefficient (Wildman–Crippen LogP) is 3.98. The van der Waals surface area contributed by atoms with Crippen LogP contribution in [0.3, 0.4) is 0 Å². The Morgan fingerprint density at radius 1 is 1.10 bits per heavy atom. The lowest BCUT2D eigenvalue weighted by Crippen LogP contribution is -2.44. The van der Waals surface area contributed by atoms with Crippen LogP contribution in [0.2, 0.25) is 0 Å². The molecular formula is C24H30N4O3. The number of urea groups is 1. The molecule has 2 aromatic carbocycles. The number of likely N-dealkylation sites (tertiary alicyclic amines) is 1. The van der Waals surface area contributed by atoms with Gasteiger partial charge in [-0.3, -0.25) is 0 Å². The first-order chi connectivity index (χ1) is 15.1. The lowest BCUT2D eigenvalue weighted by molar-refractivity contribution is 0.165. The van der Waals surface area contributed by atoms with E-state index in [4.69, 9.17) is 9.47 Å². The zero-order chi connectivity index (χ0) is 21.8. The summed E-state index contributed by atoms with van der Waals surface area (Å²) < 4.78 is 12.9. The number of fused-ring (bicyclic) bond motifs is 1. The molecule has 4 rings (SSSR count). The summed E-state index contributed by atoms with van der Waals surface area (Å²) in [6.45, 7) is 5.02. The van der Waals surface area contributed by atoms with Crippen LogP contribution in [0.15, 0.2) is 42.5 Å². The number of piperidine rings is 1. The molecule has 164 valence electrons. The van der Waals surface area contributed by atoms with Gasteiger partial charge in [-0.1, -0.05) is 18.2 Å². The normalized spacial score (nSPS) is 14.6. The lowest BCUT2D eigenvalue weighted by atomic mass is 9.97. The van der Waals surface area contributed by atoms with Gasteiger partial charge in [0.2, 0.25) is 0 Å². The summed E-state index contributed by atoms with van der Waals surface area (Å²) in [5, 5.41) is 3.03. The van der Waals surface area contributed by atoms with Gasteiger partial charge < -0.3 is 24.3 Å². The highest BCUT2D eigenvalue weighted by atomic mass is 16.5. The fourth-order valence-corrected chi connectivity index (χ4v) is 4.28. The second-order valence-corrected chi connectivity index (χ2v) is 8.04. The van der Waals surface area contributed by atoms with Crippen LogP contribution in [0.4, 0.5) is 4.79 Å². The molecule has 1 N–H and O–H groups in total. The summed E-state index contributed by atoms with van der Waals surface area (Å²) in [4.78, 5) is 19.2. The molecular weight excluding hydrogens is 392 g/mol. The van der Waals surface area contributed by atoms with E-state index in [2.05, 4.69) is 40.0 Å². The van der Waals surface area contributed by atoms with Gasteiger partial charge in [-0.25, -0.2) is 9.78 Å². The lowest BCUT2D eigenvalue weighted by Gasteiger charge is -2.32. The zero-order valence-corrected chi connectivity index (χ0v) is 18.4. The predicted molar refractivity (Wildman–Crippen MR) is 121 cm³/mol. The van der Waals surface area contributed by atoms with Gasteiger partial charge in [-0.2, -0.15) is 0 Å². The Bertz CT molecular complexity index is 1050. The third kappa shape index (κ3) is 4.60. The molecule has 1 saturated heterocycles. The number of methoxy groups -OCH3 is 2. The van der Waals surface area contributed by atoms with Crippen LogP contribution in [0.25, 0.3) is 11.0 Å². The van der Waals surface area contributed by atoms with Crippen LogP contribution in [0.5, 0.6) is 11.5 Å². The van der Waals surface area contributed by atoms with Crippen LogP contribution in [-0.2, 0) is 13.1 Å². The van der Waals surface area contributed by atoms with Crippen LogP contribution in [0.1, 0.15) is 24.2 Å². The number of hydrogen-bond donors (Lipinski definition) is 1. The van der Waals surface area contributed by atoms with Gasteiger partial charge in [-0.05, 0) is 55.5 Å². The Labute approximate surface area is 183 Å². The topological polar surface area (TPSA) is 68.6 Å². The summed E-state index contributed by atoms with van der Waals surface area (Å²) in [5.74, 6) is 2.94. The molecule has 0 bridgehead atoms. The number of nitrogens with zero attached hydrogens (tertiary/aromatic N) is 3. The van der Waals surface area contributed by atoms with Crippen molar-refractivity contribution in [1.29, 1.82) is 0 Å². The van der Waals surface area contributed by atoms with Crippen molar-refractivity contribution in [3.63, 3.8) is 0 Å². The van der Waals surface area contributed by atoms with Crippen molar-refractivity contribution < 1.29 is 14.3 Å². The highest BCUT2D eigenvalue weighted by Crippen LogP contribution is 2.27. The summed E-state index contributed by atoms with van der Waals surface area (Å²) >= 11 is 0. The van der Waals surface area contributed by atoms with E-state index in [-0.39, 0.29) is 6.03 Å². The number of para-hydroxylation sites is 2. The standard InChI is InChI=1S/C24H30N4O3/c1-17-26-20-6-4-5-7-21(20)28(17)16-18-10-12-27(13-11-18)24(29)25-15-19-8-9-22(30-2)23(14-19)31-3/h4-9,14,18H,10-13,15-16H2,1-3H3,(H,25,29). The number of benzene rings is 2. The molecule has 1 aliphatic rings. The average Bonchev–Trinajstić information content (AvgIpc) is 3.12. The molecule has 1 aliphatic heterocycles. The second kappa shape index (κ2) is 9.29. The summed E-state index contributed by atoms with van der Waals surface area (Å²) in [5.41, 5.74) is 3.21. The van der Waals surface area contributed by atoms with Gasteiger partial charge in [0.1, 0.15) is 5.82 Å². The Morgan fingerprint density at radius 2 is 1.84 bits per heavy atom. The Morgan fingerprint density at radius 3 is 2.58 bits per heavy atom. The number of ether oxygens (including phenoxy) is 2. The molecule has 1 aromatic heterocycles. The maximum Gasteiger partial charge on any atom is 0.317 e. The molecule has 0 radical (unpaired) electrons. The molecule has 7 nitrogen and oxygen atoms in total. The first kappa shape index (κ1) is 21.0. The van der Waals surface area contributed by atoms with Gasteiger partial charge >= 0.3 is 6.03 Å². The molecule has 0 atom stereocenters. The smallest absolute Gasteiger partial charge is 0.317 e. The van der Waals surface area contributed by atoms with E-state index in [1.807, 2.05) is 29.2 Å². The average molecular weight is 423 g/mol. The van der Waals surface area contributed by atoms with E-state index in [1.165, 1.54) is 5.52 Å². The number of aromatic nitrogens is 2. The Kier molecular flexibility index (Phi) is 6.30. The molecule has 0 saturated carbocycles. The molecule has 0 unspecified atom stereocenters. The minimum Gasteiger partial charge on any atom is -0.493 e. The van der Waals surface area contributed by atoms with Gasteiger partial charge in [-0.15, -0.1) is 0 Å². The fraction of sp³-hybridized carbons (Fsp3) is 0.417. The number of amides is 2. The number of aryl methyl sites for hydroxylation is 1. The first-order valence-electron chi connectivity index (χ1n) is 10.7. The highest BCUT2D eigenvalue weighted by Gasteiger charge is 2.24. The number of nitrogens with one attached hydrogen (secondary N) is 1. The van der Waals surface area contributed by atoms with Crippen LogP contribution in [0, 0.1) is 12.8 Å². The van der Waals surface area contributed by atoms with Gasteiger partial charge in [0.05, 0.1) is 25.3 Å². The zero-order valence-electron chi connectivity index (χ0n) is 18.4. The van der Waals surface area contributed by atoms with Crippen molar-refractivity contribution >= 4 is 17.1 Å². The van der Waals surface area contributed by atoms with E-state index in [1.54, 1.807) is 14.2 Å². The van der Waals surface area contributed by atoms with Crippen LogP contribution < -0.4 is 14.8 Å². The van der Waals surface area contributed by atoms with E-state index in [0.29, 0.717) is 24.0 Å². The molecule has 3 aromatic rings. The van der Waals surface area contributed by atoms with Crippen molar-refractivity contribution in [1.82, 2.24) is 19.8 Å². The first-order valence-corrected chi connectivity index (χ1v) is 10.7. The molecule has 7 heteroatoms. The summed E-state index contributed by atoms with van der Waals surface area (Å²) in [7, 11) is 3.22. The number of hydrogen-bond acceptors (Lipinski definition) is 4. The third-order valence-corrected chi connectivity index (χ3v) is 6.08. The number of carbonyl (C=O) groups is 1. The Balaban J connectivity index is 1.29. The minimum atomic E-state index is -0.0162. The maximum absolute atomic E-state index is 12.6. The maximum atomic E-state index is 12.6. The van der Waals surface area contributed by atoms with E-state index >= 15 is 0 Å². The van der Waals surface area contributed by atoms with Crippen LogP contribution >= 0.6 is 0 Å². The third-order valence-electron chi connectivity index (χ3n) is 6.08. The Hall–Kier alpha value is -3.22. The molecule has 1 fully saturated rings. The van der Waals surface area contributed by atoms with E-state index in [0.717, 1.165) is 49.4 Å². The number of rotatable bonds is 6. The second-order valence-electron chi connectivity index (χ2n) is 8.04. The largest absolute Gasteiger partial charge is 0.493 e. The van der Waals surface area contributed by atoms with Crippen molar-refractivity contribution in [2.45, 2.75) is 32.9 Å². The quantitative estimate of drug-likeness (QED) is 0.652. The number of imidazole rings is 1. The molecule has 0 spiro atoms. The van der Waals surface area contributed by atoms with Crippen molar-refractivity contribution in [2.75, 3.05) is 27.3 Å². The molecule has 31 heavy (non-hydrogen) atoms. The molecule has 0 aliphatic carbocycles. The fourth-order valence-electron chi connectivity index (χ4n) is 4.28. The van der Waals surface area contributed by atoms with Gasteiger partial charge in [0, 0.05) is 26.2 Å². The van der Waals surface area contributed by atoms with Gasteiger partial charge in [0.15, 0.2) is 11.5 Å². The summed E-state index contributed by atoms with van der Waals surface area (Å²) in [6.07, 6.45) is 1.99. The van der Waals surface area contributed by atoms with Crippen molar-refractivity contribution in [3.05, 3.63) is 53.9 Å². The monoisotopic (exact) mass is 422 g/mol. The van der Waals surface area contributed by atoms with E-state index < -0.39 is 0 Å². The minimum absolute atomic E-state index is 0.0162. The number of carbonyl (C=O) groups excluding carboxylic acids is 1.